The smallest absolute Gasteiger partial charge is 0.314 e. The third-order valence-electron chi connectivity index (χ3n) is 4.93. The number of unbranched alkanes of at least 4 members (excludes halogenated alkanes) is 3. The van der Waals surface area contributed by atoms with Gasteiger partial charge >= 0.3 is 6.03 Å². The highest BCUT2D eigenvalue weighted by Gasteiger charge is 2.05. The van der Waals surface area contributed by atoms with Crippen LogP contribution in [0.5, 0.6) is 0 Å². The van der Waals surface area contributed by atoms with E-state index in [0.717, 1.165) is 42.4 Å². The summed E-state index contributed by atoms with van der Waals surface area (Å²) >= 11 is 0. The predicted molar refractivity (Wildman–Crippen MR) is 131 cm³/mol. The van der Waals surface area contributed by atoms with E-state index in [-0.39, 0.29) is 24.3 Å². The van der Waals surface area contributed by atoms with Gasteiger partial charge in [-0.1, -0.05) is 30.7 Å². The molecule has 1 aromatic rings. The molecule has 34 heavy (non-hydrogen) atoms. The Morgan fingerprint density at radius 2 is 1.59 bits per heavy atom. The lowest BCUT2D eigenvalue weighted by Crippen LogP contribution is -2.36. The third kappa shape index (κ3) is 14.8. The second-order valence-corrected chi connectivity index (χ2v) is 7.92. The van der Waals surface area contributed by atoms with Gasteiger partial charge in [0.25, 0.3) is 0 Å². The SMILES string of the molecule is CN/C(C)=C\C(=O)Cc1ccc(CNC(=O)COCCCNC(=O)NCCCCCC=O)cc1. The Labute approximate surface area is 202 Å². The minimum atomic E-state index is -0.229. The van der Waals surface area contributed by atoms with Gasteiger partial charge in [-0.2, -0.15) is 0 Å². The molecule has 0 aliphatic heterocycles. The molecule has 0 heterocycles. The van der Waals surface area contributed by atoms with Crippen LogP contribution >= 0.6 is 0 Å². The highest BCUT2D eigenvalue weighted by molar-refractivity contribution is 5.91. The number of aldehydes is 1. The van der Waals surface area contributed by atoms with Crippen molar-refractivity contribution >= 4 is 24.0 Å². The molecule has 0 saturated carbocycles. The van der Waals surface area contributed by atoms with Crippen molar-refractivity contribution in [1.82, 2.24) is 21.3 Å². The maximum absolute atomic E-state index is 11.9. The minimum Gasteiger partial charge on any atom is -0.392 e. The summed E-state index contributed by atoms with van der Waals surface area (Å²) in [4.78, 5) is 45.7. The average molecular weight is 475 g/mol. The number of ketones is 1. The number of amides is 3. The zero-order valence-electron chi connectivity index (χ0n) is 20.3. The fraction of sp³-hybridized carbons (Fsp3) is 0.520. The second-order valence-electron chi connectivity index (χ2n) is 7.92. The maximum atomic E-state index is 11.9. The first-order valence-electron chi connectivity index (χ1n) is 11.7. The zero-order chi connectivity index (χ0) is 25.0. The van der Waals surface area contributed by atoms with Gasteiger partial charge in [0.2, 0.25) is 5.91 Å². The summed E-state index contributed by atoms with van der Waals surface area (Å²) in [5.41, 5.74) is 2.67. The summed E-state index contributed by atoms with van der Waals surface area (Å²) in [7, 11) is 1.77. The first-order valence-corrected chi connectivity index (χ1v) is 11.7. The molecule has 0 saturated heterocycles. The number of urea groups is 1. The van der Waals surface area contributed by atoms with Crippen molar-refractivity contribution in [2.24, 2.45) is 0 Å². The fourth-order valence-corrected chi connectivity index (χ4v) is 2.93. The summed E-state index contributed by atoms with van der Waals surface area (Å²) in [6.07, 6.45) is 6.59. The standard InChI is InChI=1S/C25H38N4O5/c1-20(26-2)16-23(31)17-21-8-10-22(11-9-21)18-29-24(32)19-34-15-7-13-28-25(33)27-12-5-3-4-6-14-30/h8-11,14,16,26H,3-7,12-13,15,17-19H2,1-2H3,(H,29,32)(H2,27,28,33)/b20-16-. The molecule has 3 amide bonds. The van der Waals surface area contributed by atoms with Crippen LogP contribution in [0.25, 0.3) is 0 Å². The number of nitrogens with one attached hydrogen (secondary N) is 4. The van der Waals surface area contributed by atoms with Crippen molar-refractivity contribution in [3.8, 4) is 0 Å². The molecule has 0 aliphatic rings. The van der Waals surface area contributed by atoms with E-state index in [4.69, 9.17) is 4.74 Å². The molecule has 0 unspecified atom stereocenters. The van der Waals surface area contributed by atoms with Gasteiger partial charge in [-0.25, -0.2) is 4.79 Å². The lowest BCUT2D eigenvalue weighted by molar-refractivity contribution is -0.125. The van der Waals surface area contributed by atoms with Gasteiger partial charge in [0, 0.05) is 57.9 Å². The first kappa shape index (κ1) is 28.8. The summed E-state index contributed by atoms with van der Waals surface area (Å²) < 4.78 is 5.35. The number of rotatable bonds is 18. The molecule has 188 valence electrons. The van der Waals surface area contributed by atoms with Crippen LogP contribution in [0.15, 0.2) is 36.0 Å². The molecule has 9 heteroatoms. The van der Waals surface area contributed by atoms with Crippen molar-refractivity contribution in [1.29, 1.82) is 0 Å². The molecular weight excluding hydrogens is 436 g/mol. The van der Waals surface area contributed by atoms with E-state index in [0.29, 0.717) is 45.5 Å². The average Bonchev–Trinajstić information content (AvgIpc) is 2.82. The lowest BCUT2D eigenvalue weighted by atomic mass is 10.1. The molecule has 0 atom stereocenters. The molecule has 0 spiro atoms. The van der Waals surface area contributed by atoms with E-state index in [2.05, 4.69) is 21.3 Å². The summed E-state index contributed by atoms with van der Waals surface area (Å²) in [5.74, 6) is -0.185. The minimum absolute atomic E-state index is 0.0308. The Balaban J connectivity index is 2.08. The number of hydrogen-bond acceptors (Lipinski definition) is 6. The summed E-state index contributed by atoms with van der Waals surface area (Å²) in [6.45, 7) is 3.58. The molecule has 0 fully saturated rings. The quantitative estimate of drug-likeness (QED) is 0.147. The molecule has 1 rings (SSSR count). The van der Waals surface area contributed by atoms with Crippen molar-refractivity contribution in [2.75, 3.05) is 33.4 Å². The Hall–Kier alpha value is -3.20. The third-order valence-corrected chi connectivity index (χ3v) is 4.93. The Morgan fingerprint density at radius 3 is 2.26 bits per heavy atom. The zero-order valence-corrected chi connectivity index (χ0v) is 20.3. The van der Waals surface area contributed by atoms with Gasteiger partial charge in [0.05, 0.1) is 0 Å². The van der Waals surface area contributed by atoms with E-state index >= 15 is 0 Å². The van der Waals surface area contributed by atoms with E-state index in [1.54, 1.807) is 13.1 Å². The predicted octanol–water partition coefficient (Wildman–Crippen LogP) is 2.00. The molecule has 9 nitrogen and oxygen atoms in total. The van der Waals surface area contributed by atoms with E-state index in [9.17, 15) is 19.2 Å². The normalized spacial score (nSPS) is 10.9. The van der Waals surface area contributed by atoms with Crippen LogP contribution in [-0.2, 0) is 32.1 Å². The molecular formula is C25H38N4O5. The fourth-order valence-electron chi connectivity index (χ4n) is 2.93. The van der Waals surface area contributed by atoms with E-state index < -0.39 is 0 Å². The van der Waals surface area contributed by atoms with Crippen LogP contribution in [-0.4, -0.2) is 57.4 Å². The highest BCUT2D eigenvalue weighted by Crippen LogP contribution is 2.06. The number of allylic oxidation sites excluding steroid dienone is 2. The topological polar surface area (TPSA) is 126 Å². The van der Waals surface area contributed by atoms with Crippen molar-refractivity contribution in [2.45, 2.75) is 52.0 Å². The van der Waals surface area contributed by atoms with Crippen LogP contribution in [0.1, 0.15) is 50.2 Å². The number of carbonyl (C=O) groups excluding carboxylic acids is 4. The van der Waals surface area contributed by atoms with Crippen LogP contribution < -0.4 is 21.3 Å². The van der Waals surface area contributed by atoms with Gasteiger partial charge < -0.3 is 30.8 Å². The van der Waals surface area contributed by atoms with Crippen LogP contribution in [0.2, 0.25) is 0 Å². The monoisotopic (exact) mass is 474 g/mol. The number of benzene rings is 1. The van der Waals surface area contributed by atoms with Gasteiger partial charge in [-0.05, 0) is 37.3 Å². The molecule has 0 aromatic heterocycles. The second kappa shape index (κ2) is 18.3. The summed E-state index contributed by atoms with van der Waals surface area (Å²) in [5, 5.41) is 11.2. The maximum Gasteiger partial charge on any atom is 0.314 e. The highest BCUT2D eigenvalue weighted by atomic mass is 16.5. The number of hydrogen-bond donors (Lipinski definition) is 4. The summed E-state index contributed by atoms with van der Waals surface area (Å²) in [6, 6.07) is 7.32. The van der Waals surface area contributed by atoms with E-state index in [1.165, 1.54) is 0 Å². The van der Waals surface area contributed by atoms with Crippen LogP contribution in [0.3, 0.4) is 0 Å². The largest absolute Gasteiger partial charge is 0.392 e. The first-order chi connectivity index (χ1) is 16.4. The molecule has 0 bridgehead atoms. The van der Waals surface area contributed by atoms with Gasteiger partial charge in [-0.3, -0.25) is 9.59 Å². The Morgan fingerprint density at radius 1 is 0.912 bits per heavy atom. The molecule has 0 aliphatic carbocycles. The van der Waals surface area contributed by atoms with Crippen molar-refractivity contribution in [3.05, 3.63) is 47.2 Å². The molecule has 4 N–H and O–H groups in total. The van der Waals surface area contributed by atoms with Crippen molar-refractivity contribution < 1.29 is 23.9 Å². The number of carbonyl (C=O) groups is 4. The van der Waals surface area contributed by atoms with Gasteiger partial charge in [0.15, 0.2) is 5.78 Å². The van der Waals surface area contributed by atoms with Crippen molar-refractivity contribution in [3.63, 3.8) is 0 Å². The van der Waals surface area contributed by atoms with E-state index in [1.807, 2.05) is 31.2 Å². The van der Waals surface area contributed by atoms with Crippen LogP contribution in [0.4, 0.5) is 4.79 Å². The van der Waals surface area contributed by atoms with Gasteiger partial charge in [0.1, 0.15) is 12.9 Å². The Bertz CT molecular complexity index is 793. The van der Waals surface area contributed by atoms with Gasteiger partial charge in [-0.15, -0.1) is 0 Å². The molecule has 0 radical (unpaired) electrons. The Kier molecular flexibility index (Phi) is 15.5. The lowest BCUT2D eigenvalue weighted by Gasteiger charge is -2.09. The van der Waals surface area contributed by atoms with Crippen LogP contribution in [0, 0.1) is 0 Å². The molecule has 1 aromatic carbocycles. The number of ether oxygens (including phenoxy) is 1.